The van der Waals surface area contributed by atoms with Crippen LogP contribution >= 0.6 is 0 Å². The van der Waals surface area contributed by atoms with Gasteiger partial charge in [-0.1, -0.05) is 12.1 Å². The van der Waals surface area contributed by atoms with Gasteiger partial charge in [-0.3, -0.25) is 19.5 Å². The molecule has 0 aliphatic carbocycles. The summed E-state index contributed by atoms with van der Waals surface area (Å²) in [6, 6.07) is 12.1. The number of fused-ring (bicyclic) bond motifs is 4. The van der Waals surface area contributed by atoms with Crippen LogP contribution in [0, 0.1) is 5.92 Å². The van der Waals surface area contributed by atoms with E-state index in [9.17, 15) is 9.59 Å². The van der Waals surface area contributed by atoms with Crippen LogP contribution in [0.3, 0.4) is 0 Å². The number of aromatic nitrogens is 1. The minimum Gasteiger partial charge on any atom is -0.337 e. The predicted octanol–water partition coefficient (Wildman–Crippen LogP) is 2.78. The summed E-state index contributed by atoms with van der Waals surface area (Å²) >= 11 is 0. The van der Waals surface area contributed by atoms with Gasteiger partial charge in [-0.2, -0.15) is 0 Å². The molecule has 2 aromatic rings. The molecular weight excluding hydrogens is 352 g/mol. The maximum atomic E-state index is 12.9. The van der Waals surface area contributed by atoms with E-state index in [2.05, 4.69) is 27.3 Å². The van der Waals surface area contributed by atoms with Crippen molar-refractivity contribution in [3.63, 3.8) is 0 Å². The van der Waals surface area contributed by atoms with Crippen LogP contribution in [0.25, 0.3) is 0 Å². The molecule has 1 aromatic carbocycles. The van der Waals surface area contributed by atoms with Crippen LogP contribution in [0.1, 0.15) is 35.7 Å². The zero-order valence-corrected chi connectivity index (χ0v) is 16.2. The summed E-state index contributed by atoms with van der Waals surface area (Å²) in [5, 5.41) is 2.80. The monoisotopic (exact) mass is 378 g/mol. The number of amides is 2. The molecule has 3 aliphatic rings. The first-order valence-electron chi connectivity index (χ1n) is 9.88. The third-order valence-corrected chi connectivity index (χ3v) is 5.68. The number of piperidine rings is 1. The smallest absolute Gasteiger partial charge is 0.255 e. The average Bonchev–Trinajstić information content (AvgIpc) is 3.01. The molecule has 0 saturated carbocycles. The molecule has 3 aliphatic heterocycles. The van der Waals surface area contributed by atoms with Crippen molar-refractivity contribution in [2.75, 3.05) is 25.0 Å². The van der Waals surface area contributed by atoms with Gasteiger partial charge in [0, 0.05) is 57.2 Å². The largest absolute Gasteiger partial charge is 0.337 e. The number of carbonyl (C=O) groups is 2. The Morgan fingerprint density at radius 1 is 1.11 bits per heavy atom. The molecular formula is C22H26N4O2. The van der Waals surface area contributed by atoms with Gasteiger partial charge in [-0.25, -0.2) is 0 Å². The van der Waals surface area contributed by atoms with Gasteiger partial charge in [-0.05, 0) is 48.6 Å². The topological polar surface area (TPSA) is 65.5 Å². The fraction of sp³-hybridized carbons (Fsp3) is 0.409. The Kier molecular flexibility index (Phi) is 5.39. The van der Waals surface area contributed by atoms with Gasteiger partial charge >= 0.3 is 0 Å². The van der Waals surface area contributed by atoms with Gasteiger partial charge in [0.2, 0.25) is 5.91 Å². The number of carbonyl (C=O) groups excluding carboxylic acids is 2. The minimum atomic E-state index is -0.0593. The third kappa shape index (κ3) is 4.22. The molecule has 2 amide bonds. The van der Waals surface area contributed by atoms with Crippen LogP contribution in [0.5, 0.6) is 0 Å². The second kappa shape index (κ2) is 8.10. The SMILES string of the molecule is CC(=O)Nc1ccc(CN2C[C@H]3CC[C@@H]2CN(C(=O)c2cccnc2)C3)cc1. The van der Waals surface area contributed by atoms with E-state index in [1.54, 1.807) is 12.4 Å². The summed E-state index contributed by atoms with van der Waals surface area (Å²) in [6.45, 7) is 5.00. The number of hydrogen-bond donors (Lipinski definition) is 1. The molecule has 2 atom stereocenters. The van der Waals surface area contributed by atoms with Crippen molar-refractivity contribution in [1.29, 1.82) is 0 Å². The van der Waals surface area contributed by atoms with E-state index in [0.717, 1.165) is 38.3 Å². The summed E-state index contributed by atoms with van der Waals surface area (Å²) in [5.74, 6) is 0.542. The third-order valence-electron chi connectivity index (χ3n) is 5.68. The molecule has 146 valence electrons. The molecule has 1 aromatic heterocycles. The highest BCUT2D eigenvalue weighted by Crippen LogP contribution is 2.30. The molecule has 5 rings (SSSR count). The lowest BCUT2D eigenvalue weighted by atomic mass is 9.94. The van der Waals surface area contributed by atoms with Gasteiger partial charge in [0.1, 0.15) is 0 Å². The lowest BCUT2D eigenvalue weighted by Crippen LogP contribution is -2.43. The predicted molar refractivity (Wildman–Crippen MR) is 108 cm³/mol. The van der Waals surface area contributed by atoms with E-state index in [4.69, 9.17) is 0 Å². The lowest BCUT2D eigenvalue weighted by molar-refractivity contribution is -0.114. The Labute approximate surface area is 165 Å². The van der Waals surface area contributed by atoms with E-state index in [-0.39, 0.29) is 11.8 Å². The summed E-state index contributed by atoms with van der Waals surface area (Å²) in [5.41, 5.74) is 2.72. The Balaban J connectivity index is 1.43. The highest BCUT2D eigenvalue weighted by atomic mass is 16.2. The molecule has 0 spiro atoms. The van der Waals surface area contributed by atoms with E-state index in [1.807, 2.05) is 29.2 Å². The number of rotatable bonds is 4. The number of pyridine rings is 1. The number of nitrogens with one attached hydrogen (secondary N) is 1. The lowest BCUT2D eigenvalue weighted by Gasteiger charge is -2.36. The van der Waals surface area contributed by atoms with E-state index >= 15 is 0 Å². The molecule has 0 radical (unpaired) electrons. The highest BCUT2D eigenvalue weighted by molar-refractivity contribution is 5.94. The van der Waals surface area contributed by atoms with Crippen molar-refractivity contribution in [2.45, 2.75) is 32.4 Å². The molecule has 2 bridgehead atoms. The Morgan fingerprint density at radius 3 is 2.64 bits per heavy atom. The van der Waals surface area contributed by atoms with Crippen molar-refractivity contribution in [1.82, 2.24) is 14.8 Å². The molecule has 4 heterocycles. The summed E-state index contributed by atoms with van der Waals surface area (Å²) in [6.07, 6.45) is 5.66. The van der Waals surface area contributed by atoms with Gasteiger partial charge in [0.05, 0.1) is 5.56 Å². The maximum Gasteiger partial charge on any atom is 0.255 e. The van der Waals surface area contributed by atoms with Gasteiger partial charge in [-0.15, -0.1) is 0 Å². The average molecular weight is 378 g/mol. The molecule has 0 unspecified atom stereocenters. The Morgan fingerprint density at radius 2 is 1.93 bits per heavy atom. The zero-order chi connectivity index (χ0) is 19.5. The quantitative estimate of drug-likeness (QED) is 0.889. The fourth-order valence-electron chi connectivity index (χ4n) is 4.34. The Bertz CT molecular complexity index is 837. The van der Waals surface area contributed by atoms with Crippen molar-refractivity contribution in [2.24, 2.45) is 5.92 Å². The van der Waals surface area contributed by atoms with Crippen molar-refractivity contribution in [3.8, 4) is 0 Å². The molecule has 6 heteroatoms. The molecule has 1 N–H and O–H groups in total. The normalized spacial score (nSPS) is 22.0. The van der Waals surface area contributed by atoms with Crippen LogP contribution in [-0.4, -0.2) is 52.3 Å². The number of nitrogens with zero attached hydrogens (tertiary/aromatic N) is 3. The molecule has 6 nitrogen and oxygen atoms in total. The van der Waals surface area contributed by atoms with E-state index < -0.39 is 0 Å². The van der Waals surface area contributed by atoms with Gasteiger partial charge < -0.3 is 10.2 Å². The second-order valence-electron chi connectivity index (χ2n) is 7.86. The van der Waals surface area contributed by atoms with Crippen molar-refractivity contribution in [3.05, 3.63) is 59.9 Å². The zero-order valence-electron chi connectivity index (χ0n) is 16.2. The highest BCUT2D eigenvalue weighted by Gasteiger charge is 2.36. The summed E-state index contributed by atoms with van der Waals surface area (Å²) < 4.78 is 0. The molecule has 28 heavy (non-hydrogen) atoms. The van der Waals surface area contributed by atoms with Crippen molar-refractivity contribution >= 4 is 17.5 Å². The number of hydrogen-bond acceptors (Lipinski definition) is 4. The van der Waals surface area contributed by atoms with Gasteiger partial charge in [0.25, 0.3) is 5.91 Å². The van der Waals surface area contributed by atoms with Crippen LogP contribution in [0.15, 0.2) is 48.8 Å². The second-order valence-corrected chi connectivity index (χ2v) is 7.86. The van der Waals surface area contributed by atoms with Crippen LogP contribution < -0.4 is 5.32 Å². The van der Waals surface area contributed by atoms with Crippen LogP contribution in [0.2, 0.25) is 0 Å². The van der Waals surface area contributed by atoms with E-state index in [1.165, 1.54) is 18.9 Å². The van der Waals surface area contributed by atoms with Crippen molar-refractivity contribution < 1.29 is 9.59 Å². The van der Waals surface area contributed by atoms with Crippen LogP contribution in [0.4, 0.5) is 5.69 Å². The Hall–Kier alpha value is -2.73. The van der Waals surface area contributed by atoms with E-state index in [0.29, 0.717) is 17.5 Å². The first-order valence-corrected chi connectivity index (χ1v) is 9.88. The maximum absolute atomic E-state index is 12.9. The standard InChI is InChI=1S/C22H26N4O2/c1-16(27)24-20-7-4-17(5-8-20)12-25-13-18-6-9-21(25)15-26(14-18)22(28)19-3-2-10-23-11-19/h2-5,7-8,10-11,18,21H,6,9,12-15H2,1H3,(H,24,27)/t18-,21-/m1/s1. The first kappa shape index (κ1) is 18.6. The minimum absolute atomic E-state index is 0.0593. The first-order chi connectivity index (χ1) is 13.6. The van der Waals surface area contributed by atoms with Crippen LogP contribution in [-0.2, 0) is 11.3 Å². The number of anilines is 1. The molecule has 3 saturated heterocycles. The fourth-order valence-corrected chi connectivity index (χ4v) is 4.34. The van der Waals surface area contributed by atoms with Gasteiger partial charge in [0.15, 0.2) is 0 Å². The summed E-state index contributed by atoms with van der Waals surface area (Å²) in [4.78, 5) is 32.7. The number of benzene rings is 1. The molecule has 3 fully saturated rings. The summed E-state index contributed by atoms with van der Waals surface area (Å²) in [7, 11) is 0.